The number of hydrogen-bond donors (Lipinski definition) is 1. The van der Waals surface area contributed by atoms with Crippen LogP contribution in [0.3, 0.4) is 0 Å². The van der Waals surface area contributed by atoms with Crippen molar-refractivity contribution in [3.63, 3.8) is 0 Å². The summed E-state index contributed by atoms with van der Waals surface area (Å²) in [6, 6.07) is 11.6. The van der Waals surface area contributed by atoms with Crippen molar-refractivity contribution in [2.24, 2.45) is 0 Å². The number of nitrogens with zero attached hydrogens (tertiary/aromatic N) is 3. The van der Waals surface area contributed by atoms with E-state index in [9.17, 15) is 8.42 Å². The summed E-state index contributed by atoms with van der Waals surface area (Å²) in [5.74, 6) is 0. The van der Waals surface area contributed by atoms with E-state index in [2.05, 4.69) is 4.72 Å². The number of rotatable bonds is 8. The van der Waals surface area contributed by atoms with Gasteiger partial charge in [-0.2, -0.15) is 18.0 Å². The van der Waals surface area contributed by atoms with Crippen LogP contribution in [0.1, 0.15) is 18.0 Å². The molecule has 0 heterocycles. The lowest BCUT2D eigenvalue weighted by atomic mass is 10.1. The quantitative estimate of drug-likeness (QED) is 0.776. The van der Waals surface area contributed by atoms with Crippen molar-refractivity contribution in [3.05, 3.63) is 35.9 Å². The van der Waals surface area contributed by atoms with Gasteiger partial charge in [-0.25, -0.2) is 4.72 Å². The fourth-order valence-corrected chi connectivity index (χ4v) is 2.82. The Bertz CT molecular complexity index is 566. The van der Waals surface area contributed by atoms with E-state index in [0.717, 1.165) is 9.87 Å². The summed E-state index contributed by atoms with van der Waals surface area (Å²) >= 11 is 0. The molecule has 0 amide bonds. The Hall–Kier alpha value is -1.46. The van der Waals surface area contributed by atoms with Crippen molar-refractivity contribution in [2.75, 3.05) is 34.2 Å². The first-order valence-electron chi connectivity index (χ1n) is 6.67. The van der Waals surface area contributed by atoms with Gasteiger partial charge < -0.3 is 4.90 Å². The second kappa shape index (κ2) is 8.10. The van der Waals surface area contributed by atoms with Gasteiger partial charge >= 0.3 is 0 Å². The first kappa shape index (κ1) is 17.6. The average molecular weight is 310 g/mol. The molecule has 1 aromatic carbocycles. The van der Waals surface area contributed by atoms with Gasteiger partial charge in [-0.05, 0) is 19.7 Å². The lowest BCUT2D eigenvalue weighted by Gasteiger charge is -2.26. The molecule has 0 fully saturated rings. The maximum absolute atomic E-state index is 12.1. The van der Waals surface area contributed by atoms with Crippen LogP contribution in [0, 0.1) is 11.3 Å². The average Bonchev–Trinajstić information content (AvgIpc) is 2.45. The Labute approximate surface area is 127 Å². The second-order valence-electron chi connectivity index (χ2n) is 4.97. The van der Waals surface area contributed by atoms with Gasteiger partial charge in [0, 0.05) is 32.6 Å². The zero-order chi connectivity index (χ0) is 15.9. The van der Waals surface area contributed by atoms with Gasteiger partial charge in [0.1, 0.15) is 0 Å². The molecular formula is C14H22N4O2S. The molecule has 6 nitrogen and oxygen atoms in total. The normalized spacial score (nSPS) is 13.3. The Kier molecular flexibility index (Phi) is 6.78. The van der Waals surface area contributed by atoms with E-state index in [-0.39, 0.29) is 25.6 Å². The zero-order valence-electron chi connectivity index (χ0n) is 12.7. The van der Waals surface area contributed by atoms with Gasteiger partial charge in [0.25, 0.3) is 10.2 Å². The van der Waals surface area contributed by atoms with E-state index in [1.54, 1.807) is 0 Å². The van der Waals surface area contributed by atoms with Crippen LogP contribution >= 0.6 is 0 Å². The Morgan fingerprint density at radius 2 is 1.86 bits per heavy atom. The largest absolute Gasteiger partial charge is 0.301 e. The third-order valence-corrected chi connectivity index (χ3v) is 4.75. The first-order chi connectivity index (χ1) is 9.88. The summed E-state index contributed by atoms with van der Waals surface area (Å²) < 4.78 is 27.9. The molecular weight excluding hydrogens is 288 g/mol. The minimum Gasteiger partial charge on any atom is -0.301 e. The van der Waals surface area contributed by atoms with Crippen molar-refractivity contribution >= 4 is 10.2 Å². The summed E-state index contributed by atoms with van der Waals surface area (Å²) in [5.41, 5.74) is 1.05. The molecule has 1 N–H and O–H groups in total. The lowest BCUT2D eigenvalue weighted by molar-refractivity contribution is 0.297. The highest BCUT2D eigenvalue weighted by atomic mass is 32.2. The number of likely N-dealkylation sites (N-methyl/N-ethyl adjacent to an activating group) is 1. The minimum absolute atomic E-state index is 0.0506. The van der Waals surface area contributed by atoms with E-state index in [1.165, 1.54) is 7.05 Å². The van der Waals surface area contributed by atoms with Crippen LogP contribution in [0.4, 0.5) is 0 Å². The van der Waals surface area contributed by atoms with Crippen molar-refractivity contribution in [1.82, 2.24) is 13.9 Å². The number of benzene rings is 1. The second-order valence-corrected chi connectivity index (χ2v) is 6.84. The van der Waals surface area contributed by atoms with Crippen LogP contribution in [0.5, 0.6) is 0 Å². The third-order valence-electron chi connectivity index (χ3n) is 3.22. The van der Waals surface area contributed by atoms with Crippen LogP contribution in [0.25, 0.3) is 0 Å². The number of nitrogens with one attached hydrogen (secondary N) is 1. The van der Waals surface area contributed by atoms with Gasteiger partial charge in [0.2, 0.25) is 0 Å². The molecule has 0 saturated carbocycles. The van der Waals surface area contributed by atoms with Crippen molar-refractivity contribution < 1.29 is 8.42 Å². The number of nitriles is 1. The fraction of sp³-hybridized carbons (Fsp3) is 0.500. The summed E-state index contributed by atoms with van der Waals surface area (Å²) in [6.07, 6.45) is 0.174. The SMILES string of the molecule is CN(C)C(CNS(=O)(=O)N(C)CCC#N)c1ccccc1. The van der Waals surface area contributed by atoms with Crippen LogP contribution < -0.4 is 4.72 Å². The molecule has 1 unspecified atom stereocenters. The van der Waals surface area contributed by atoms with E-state index in [0.29, 0.717) is 0 Å². The summed E-state index contributed by atoms with van der Waals surface area (Å²) in [7, 11) is 1.72. The van der Waals surface area contributed by atoms with Crippen molar-refractivity contribution in [2.45, 2.75) is 12.5 Å². The molecule has 0 saturated heterocycles. The Morgan fingerprint density at radius 1 is 1.24 bits per heavy atom. The topological polar surface area (TPSA) is 76.4 Å². The van der Waals surface area contributed by atoms with Crippen LogP contribution in [0.2, 0.25) is 0 Å². The fourth-order valence-electron chi connectivity index (χ4n) is 1.90. The van der Waals surface area contributed by atoms with E-state index < -0.39 is 10.2 Å². The van der Waals surface area contributed by atoms with E-state index >= 15 is 0 Å². The van der Waals surface area contributed by atoms with Gasteiger partial charge in [0.05, 0.1) is 6.07 Å². The molecule has 1 rings (SSSR count). The Morgan fingerprint density at radius 3 is 2.38 bits per heavy atom. The summed E-state index contributed by atoms with van der Waals surface area (Å²) in [5, 5.41) is 8.52. The maximum atomic E-state index is 12.1. The predicted molar refractivity (Wildman–Crippen MR) is 82.7 cm³/mol. The third kappa shape index (κ3) is 5.44. The van der Waals surface area contributed by atoms with Crippen molar-refractivity contribution in [1.29, 1.82) is 5.26 Å². The highest BCUT2D eigenvalue weighted by molar-refractivity contribution is 7.87. The zero-order valence-corrected chi connectivity index (χ0v) is 13.5. The van der Waals surface area contributed by atoms with E-state index in [4.69, 9.17) is 5.26 Å². The molecule has 7 heteroatoms. The molecule has 0 bridgehead atoms. The highest BCUT2D eigenvalue weighted by Gasteiger charge is 2.21. The first-order valence-corrected chi connectivity index (χ1v) is 8.11. The maximum Gasteiger partial charge on any atom is 0.279 e. The summed E-state index contributed by atoms with van der Waals surface area (Å²) in [4.78, 5) is 1.97. The van der Waals surface area contributed by atoms with Crippen LogP contribution in [-0.4, -0.2) is 51.9 Å². The molecule has 1 atom stereocenters. The molecule has 116 valence electrons. The van der Waals surface area contributed by atoms with Gasteiger partial charge in [0.15, 0.2) is 0 Å². The van der Waals surface area contributed by atoms with Crippen molar-refractivity contribution in [3.8, 4) is 6.07 Å². The molecule has 0 aromatic heterocycles. The van der Waals surface area contributed by atoms with Gasteiger partial charge in [-0.3, -0.25) is 0 Å². The van der Waals surface area contributed by atoms with Crippen LogP contribution in [0.15, 0.2) is 30.3 Å². The lowest BCUT2D eigenvalue weighted by Crippen LogP contribution is -2.42. The monoisotopic (exact) mass is 310 g/mol. The molecule has 0 spiro atoms. The summed E-state index contributed by atoms with van der Waals surface area (Å²) in [6.45, 7) is 0.458. The van der Waals surface area contributed by atoms with Gasteiger partial charge in [-0.15, -0.1) is 0 Å². The van der Waals surface area contributed by atoms with Crippen LogP contribution in [-0.2, 0) is 10.2 Å². The minimum atomic E-state index is -3.56. The molecule has 0 aliphatic carbocycles. The number of hydrogen-bond acceptors (Lipinski definition) is 4. The molecule has 1 aromatic rings. The predicted octanol–water partition coefficient (Wildman–Crippen LogP) is 0.969. The van der Waals surface area contributed by atoms with E-state index in [1.807, 2.05) is 55.4 Å². The van der Waals surface area contributed by atoms with Gasteiger partial charge in [-0.1, -0.05) is 30.3 Å². The molecule has 21 heavy (non-hydrogen) atoms. The Balaban J connectivity index is 2.72. The smallest absolute Gasteiger partial charge is 0.279 e. The molecule has 0 aliphatic rings. The molecule has 0 aliphatic heterocycles. The molecule has 0 radical (unpaired) electrons. The standard InChI is InChI=1S/C14H22N4O2S/c1-17(2)14(13-8-5-4-6-9-13)12-16-21(19,20)18(3)11-7-10-15/h4-6,8-9,14,16H,7,11-12H2,1-3H3. The highest BCUT2D eigenvalue weighted by Crippen LogP contribution is 2.17.